The van der Waals surface area contributed by atoms with Crippen LogP contribution in [-0.2, 0) is 14.3 Å². The average molecular weight is 183 g/mol. The van der Waals surface area contributed by atoms with Gasteiger partial charge in [-0.1, -0.05) is 6.08 Å². The Balaban J connectivity index is 2.97. The summed E-state index contributed by atoms with van der Waals surface area (Å²) in [6, 6.07) is 0. The lowest BCUT2D eigenvalue weighted by Gasteiger charge is -2.37. The van der Waals surface area contributed by atoms with Gasteiger partial charge in [0.05, 0.1) is 7.11 Å². The lowest BCUT2D eigenvalue weighted by Crippen LogP contribution is -2.54. The van der Waals surface area contributed by atoms with Gasteiger partial charge in [0.15, 0.2) is 0 Å². The number of likely N-dealkylation sites (N-methyl/N-ethyl adjacent to an activating group) is 1. The summed E-state index contributed by atoms with van der Waals surface area (Å²) in [4.78, 5) is 24.1. The molecule has 1 atom stereocenters. The molecule has 1 amide bonds. The highest BCUT2D eigenvalue weighted by molar-refractivity contribution is 5.95. The first-order valence-electron chi connectivity index (χ1n) is 4.05. The molecule has 0 saturated heterocycles. The van der Waals surface area contributed by atoms with Crippen LogP contribution in [0.25, 0.3) is 0 Å². The number of carbonyl (C=O) groups excluding carboxylic acids is 2. The first-order chi connectivity index (χ1) is 6.02. The lowest BCUT2D eigenvalue weighted by molar-refractivity contribution is -0.158. The summed E-state index contributed by atoms with van der Waals surface area (Å²) in [6.07, 6.45) is 3.66. The molecule has 4 heteroatoms. The first-order valence-corrected chi connectivity index (χ1v) is 4.05. The molecule has 0 aromatic carbocycles. The van der Waals surface area contributed by atoms with Crippen molar-refractivity contribution in [2.75, 3.05) is 14.2 Å². The Labute approximate surface area is 77.2 Å². The fourth-order valence-electron chi connectivity index (χ4n) is 1.32. The van der Waals surface area contributed by atoms with Crippen molar-refractivity contribution in [2.45, 2.75) is 18.9 Å². The van der Waals surface area contributed by atoms with E-state index in [0.29, 0.717) is 6.42 Å². The standard InChI is InChI=1S/C9H13NO3/c1-9(8(12)13-3)6-4-5-7(11)10(9)2/h4-5H,6H2,1-3H3. The van der Waals surface area contributed by atoms with Crippen LogP contribution in [0.2, 0.25) is 0 Å². The third-order valence-corrected chi connectivity index (χ3v) is 2.47. The minimum absolute atomic E-state index is 0.167. The number of hydrogen-bond acceptors (Lipinski definition) is 3. The van der Waals surface area contributed by atoms with Gasteiger partial charge in [-0.3, -0.25) is 4.79 Å². The molecule has 0 saturated carbocycles. The Kier molecular flexibility index (Phi) is 2.40. The van der Waals surface area contributed by atoms with Crippen molar-refractivity contribution in [3.05, 3.63) is 12.2 Å². The van der Waals surface area contributed by atoms with Crippen molar-refractivity contribution in [3.8, 4) is 0 Å². The van der Waals surface area contributed by atoms with E-state index in [1.807, 2.05) is 0 Å². The monoisotopic (exact) mass is 183 g/mol. The number of esters is 1. The lowest BCUT2D eigenvalue weighted by atomic mass is 9.93. The number of methoxy groups -OCH3 is 1. The molecule has 1 aliphatic rings. The van der Waals surface area contributed by atoms with Crippen LogP contribution in [0.4, 0.5) is 0 Å². The highest BCUT2D eigenvalue weighted by atomic mass is 16.5. The summed E-state index contributed by atoms with van der Waals surface area (Å²) in [5.74, 6) is -0.549. The zero-order valence-electron chi connectivity index (χ0n) is 8.03. The maximum atomic E-state index is 11.4. The Morgan fingerprint density at radius 3 is 2.85 bits per heavy atom. The largest absolute Gasteiger partial charge is 0.467 e. The van der Waals surface area contributed by atoms with Crippen molar-refractivity contribution in [3.63, 3.8) is 0 Å². The number of carbonyl (C=O) groups is 2. The average Bonchev–Trinajstić information content (AvgIpc) is 2.13. The molecule has 1 unspecified atom stereocenters. The summed E-state index contributed by atoms with van der Waals surface area (Å²) in [5.41, 5.74) is -0.847. The molecule has 0 N–H and O–H groups in total. The Bertz CT molecular complexity index is 272. The molecule has 1 rings (SSSR count). The second kappa shape index (κ2) is 3.20. The van der Waals surface area contributed by atoms with Crippen molar-refractivity contribution in [1.82, 2.24) is 4.90 Å². The molecule has 0 aliphatic carbocycles. The number of hydrogen-bond donors (Lipinski definition) is 0. The second-order valence-corrected chi connectivity index (χ2v) is 3.27. The normalized spacial score (nSPS) is 27.6. The van der Waals surface area contributed by atoms with E-state index in [0.717, 1.165) is 0 Å². The first kappa shape index (κ1) is 9.77. The molecule has 4 nitrogen and oxygen atoms in total. The molecule has 13 heavy (non-hydrogen) atoms. The van der Waals surface area contributed by atoms with Gasteiger partial charge in [-0.2, -0.15) is 0 Å². The minimum atomic E-state index is -0.847. The summed E-state index contributed by atoms with van der Waals surface area (Å²) in [6.45, 7) is 1.69. The molecule has 0 bridgehead atoms. The zero-order valence-corrected chi connectivity index (χ0v) is 8.03. The molecule has 1 aliphatic heterocycles. The summed E-state index contributed by atoms with van der Waals surface area (Å²) in [7, 11) is 2.92. The number of rotatable bonds is 1. The molecule has 0 aromatic rings. The third kappa shape index (κ3) is 1.43. The van der Waals surface area contributed by atoms with Crippen LogP contribution in [0.5, 0.6) is 0 Å². The molecule has 1 heterocycles. The quantitative estimate of drug-likeness (QED) is 0.550. The minimum Gasteiger partial charge on any atom is -0.467 e. The molecular formula is C9H13NO3. The second-order valence-electron chi connectivity index (χ2n) is 3.27. The van der Waals surface area contributed by atoms with E-state index >= 15 is 0 Å². The zero-order chi connectivity index (χ0) is 10.1. The van der Waals surface area contributed by atoms with Gasteiger partial charge in [0.1, 0.15) is 5.54 Å². The van der Waals surface area contributed by atoms with E-state index in [1.165, 1.54) is 18.1 Å². The van der Waals surface area contributed by atoms with Crippen LogP contribution in [0, 0.1) is 0 Å². The predicted molar refractivity (Wildman–Crippen MR) is 46.9 cm³/mol. The van der Waals surface area contributed by atoms with Crippen molar-refractivity contribution < 1.29 is 14.3 Å². The number of amides is 1. The van der Waals surface area contributed by atoms with E-state index in [9.17, 15) is 9.59 Å². The summed E-state index contributed by atoms with van der Waals surface area (Å²) >= 11 is 0. The van der Waals surface area contributed by atoms with Gasteiger partial charge in [0.25, 0.3) is 0 Å². The van der Waals surface area contributed by atoms with E-state index in [2.05, 4.69) is 4.74 Å². The van der Waals surface area contributed by atoms with Crippen LogP contribution in [0.3, 0.4) is 0 Å². The van der Waals surface area contributed by atoms with E-state index in [4.69, 9.17) is 0 Å². The van der Waals surface area contributed by atoms with Crippen molar-refractivity contribution in [2.24, 2.45) is 0 Å². The molecular weight excluding hydrogens is 170 g/mol. The van der Waals surface area contributed by atoms with Crippen LogP contribution in [0.1, 0.15) is 13.3 Å². The molecule has 0 fully saturated rings. The van der Waals surface area contributed by atoms with Crippen LogP contribution >= 0.6 is 0 Å². The van der Waals surface area contributed by atoms with Crippen LogP contribution in [-0.4, -0.2) is 36.5 Å². The summed E-state index contributed by atoms with van der Waals surface area (Å²) in [5, 5.41) is 0. The Morgan fingerprint density at radius 2 is 2.31 bits per heavy atom. The molecule has 72 valence electrons. The predicted octanol–water partition coefficient (Wildman–Crippen LogP) is 0.336. The van der Waals surface area contributed by atoms with Crippen LogP contribution in [0.15, 0.2) is 12.2 Å². The topological polar surface area (TPSA) is 46.6 Å². The van der Waals surface area contributed by atoms with Crippen molar-refractivity contribution >= 4 is 11.9 Å². The Morgan fingerprint density at radius 1 is 1.69 bits per heavy atom. The van der Waals surface area contributed by atoms with Gasteiger partial charge in [-0.05, 0) is 19.4 Å². The van der Waals surface area contributed by atoms with Gasteiger partial charge in [0.2, 0.25) is 5.91 Å². The third-order valence-electron chi connectivity index (χ3n) is 2.47. The van der Waals surface area contributed by atoms with Gasteiger partial charge >= 0.3 is 5.97 Å². The maximum absolute atomic E-state index is 11.4. The Hall–Kier alpha value is -1.32. The highest BCUT2D eigenvalue weighted by Gasteiger charge is 2.41. The smallest absolute Gasteiger partial charge is 0.331 e. The van der Waals surface area contributed by atoms with Gasteiger partial charge in [-0.25, -0.2) is 4.79 Å². The SMILES string of the molecule is COC(=O)C1(C)CC=CC(=O)N1C. The fraction of sp³-hybridized carbons (Fsp3) is 0.556. The van der Waals surface area contributed by atoms with Gasteiger partial charge in [-0.15, -0.1) is 0 Å². The fourth-order valence-corrected chi connectivity index (χ4v) is 1.32. The number of nitrogens with zero attached hydrogens (tertiary/aromatic N) is 1. The maximum Gasteiger partial charge on any atom is 0.331 e. The van der Waals surface area contributed by atoms with Crippen LogP contribution < -0.4 is 0 Å². The molecule has 0 aromatic heterocycles. The van der Waals surface area contributed by atoms with Crippen molar-refractivity contribution in [1.29, 1.82) is 0 Å². The van der Waals surface area contributed by atoms with Gasteiger partial charge < -0.3 is 9.64 Å². The van der Waals surface area contributed by atoms with E-state index in [-0.39, 0.29) is 11.9 Å². The van der Waals surface area contributed by atoms with Gasteiger partial charge in [0, 0.05) is 7.05 Å². The molecule has 0 spiro atoms. The summed E-state index contributed by atoms with van der Waals surface area (Å²) < 4.78 is 4.64. The van der Waals surface area contributed by atoms with E-state index in [1.54, 1.807) is 20.0 Å². The van der Waals surface area contributed by atoms with E-state index < -0.39 is 5.54 Å². The molecule has 0 radical (unpaired) electrons. The number of ether oxygens (including phenoxy) is 1. The highest BCUT2D eigenvalue weighted by Crippen LogP contribution is 2.24.